The molecular formula is C15H17Cl2N3. The van der Waals surface area contributed by atoms with Crippen LogP contribution in [0.3, 0.4) is 0 Å². The van der Waals surface area contributed by atoms with E-state index in [0.29, 0.717) is 16.5 Å². The van der Waals surface area contributed by atoms with Crippen LogP contribution >= 0.6 is 23.2 Å². The van der Waals surface area contributed by atoms with E-state index in [1.807, 2.05) is 50.4 Å². The summed E-state index contributed by atoms with van der Waals surface area (Å²) >= 11 is 12.2. The molecule has 0 amide bonds. The van der Waals surface area contributed by atoms with E-state index < -0.39 is 0 Å². The van der Waals surface area contributed by atoms with Gasteiger partial charge in [0, 0.05) is 54.2 Å². The molecule has 5 heteroatoms. The number of hydrogen-bond donors (Lipinski definition) is 1. The molecule has 20 heavy (non-hydrogen) atoms. The summed E-state index contributed by atoms with van der Waals surface area (Å²) in [5.74, 6) is 0.863. The van der Waals surface area contributed by atoms with E-state index in [0.717, 1.165) is 22.7 Å². The number of hydrogen-bond acceptors (Lipinski definition) is 2. The van der Waals surface area contributed by atoms with Crippen molar-refractivity contribution in [2.24, 2.45) is 0 Å². The van der Waals surface area contributed by atoms with Gasteiger partial charge in [0.15, 0.2) is 0 Å². The summed E-state index contributed by atoms with van der Waals surface area (Å²) in [6, 6.07) is 5.56. The Kier molecular flexibility index (Phi) is 4.73. The van der Waals surface area contributed by atoms with Crippen molar-refractivity contribution in [2.75, 3.05) is 14.1 Å². The van der Waals surface area contributed by atoms with Crippen LogP contribution in [0.25, 0.3) is 5.57 Å². The molecule has 1 aromatic heterocycles. The third kappa shape index (κ3) is 3.78. The second-order valence-corrected chi connectivity index (χ2v) is 5.79. The average Bonchev–Trinajstić information content (AvgIpc) is 2.78. The highest BCUT2D eigenvalue weighted by molar-refractivity contribution is 6.35. The Morgan fingerprint density at radius 2 is 2.10 bits per heavy atom. The van der Waals surface area contributed by atoms with E-state index >= 15 is 0 Å². The maximum Gasteiger partial charge on any atom is 0.135 e. The standard InChI is InChI=1S/C15H17Cl2N3/c1-10-8-18-15(19-10)12(9-20(2)3)6-11-4-5-13(16)7-14(11)17/h4-5,7-9H,6H2,1-3H3,(H,18,19)/b12-9-. The zero-order valence-electron chi connectivity index (χ0n) is 11.7. The number of halogens is 2. The van der Waals surface area contributed by atoms with Gasteiger partial charge in [0.1, 0.15) is 5.82 Å². The lowest BCUT2D eigenvalue weighted by atomic mass is 10.1. The molecular weight excluding hydrogens is 293 g/mol. The fraction of sp³-hybridized carbons (Fsp3) is 0.267. The summed E-state index contributed by atoms with van der Waals surface area (Å²) < 4.78 is 0. The van der Waals surface area contributed by atoms with Gasteiger partial charge in [0.05, 0.1) is 0 Å². The first-order valence-corrected chi connectivity index (χ1v) is 7.04. The number of allylic oxidation sites excluding steroid dienone is 1. The molecule has 2 rings (SSSR count). The zero-order chi connectivity index (χ0) is 14.7. The molecule has 0 aliphatic rings. The van der Waals surface area contributed by atoms with Gasteiger partial charge in [0.25, 0.3) is 0 Å². The molecule has 2 aromatic rings. The van der Waals surface area contributed by atoms with Crippen LogP contribution in [0.1, 0.15) is 17.1 Å². The van der Waals surface area contributed by atoms with E-state index in [9.17, 15) is 0 Å². The van der Waals surface area contributed by atoms with Crippen molar-refractivity contribution in [3.8, 4) is 0 Å². The van der Waals surface area contributed by atoms with Crippen molar-refractivity contribution in [1.29, 1.82) is 0 Å². The lowest BCUT2D eigenvalue weighted by Gasteiger charge is -2.12. The Labute approximate surface area is 129 Å². The third-order valence-corrected chi connectivity index (χ3v) is 3.40. The van der Waals surface area contributed by atoms with Gasteiger partial charge in [-0.2, -0.15) is 0 Å². The molecule has 0 atom stereocenters. The Morgan fingerprint density at radius 3 is 2.65 bits per heavy atom. The lowest BCUT2D eigenvalue weighted by Crippen LogP contribution is -2.05. The van der Waals surface area contributed by atoms with E-state index in [4.69, 9.17) is 23.2 Å². The Hall–Kier alpha value is -1.45. The number of rotatable bonds is 4. The minimum Gasteiger partial charge on any atom is -0.383 e. The smallest absolute Gasteiger partial charge is 0.135 e. The first-order chi connectivity index (χ1) is 9.45. The van der Waals surface area contributed by atoms with Crippen LogP contribution < -0.4 is 0 Å². The van der Waals surface area contributed by atoms with Crippen molar-refractivity contribution in [2.45, 2.75) is 13.3 Å². The number of H-pyrrole nitrogens is 1. The van der Waals surface area contributed by atoms with Gasteiger partial charge in [-0.3, -0.25) is 0 Å². The summed E-state index contributed by atoms with van der Waals surface area (Å²) in [7, 11) is 3.97. The van der Waals surface area contributed by atoms with Gasteiger partial charge in [-0.1, -0.05) is 29.3 Å². The third-order valence-electron chi connectivity index (χ3n) is 2.82. The quantitative estimate of drug-likeness (QED) is 0.919. The van der Waals surface area contributed by atoms with Crippen molar-refractivity contribution in [3.05, 3.63) is 57.7 Å². The van der Waals surface area contributed by atoms with Crippen LogP contribution in [0.5, 0.6) is 0 Å². The van der Waals surface area contributed by atoms with E-state index in [1.54, 1.807) is 6.07 Å². The van der Waals surface area contributed by atoms with Crippen molar-refractivity contribution in [3.63, 3.8) is 0 Å². The number of imidazole rings is 1. The van der Waals surface area contributed by atoms with Crippen molar-refractivity contribution < 1.29 is 0 Å². The topological polar surface area (TPSA) is 31.9 Å². The van der Waals surface area contributed by atoms with Gasteiger partial charge in [0.2, 0.25) is 0 Å². The average molecular weight is 310 g/mol. The Balaban J connectivity index is 2.33. The number of nitrogens with one attached hydrogen (secondary N) is 1. The molecule has 0 spiro atoms. The van der Waals surface area contributed by atoms with Gasteiger partial charge >= 0.3 is 0 Å². The molecule has 1 heterocycles. The molecule has 0 aliphatic heterocycles. The molecule has 0 saturated heterocycles. The highest BCUT2D eigenvalue weighted by Crippen LogP contribution is 2.26. The summed E-state index contributed by atoms with van der Waals surface area (Å²) in [4.78, 5) is 9.65. The molecule has 0 unspecified atom stereocenters. The first kappa shape index (κ1) is 14.9. The normalized spacial score (nSPS) is 11.8. The van der Waals surface area contributed by atoms with Crippen molar-refractivity contribution >= 4 is 28.8 Å². The summed E-state index contributed by atoms with van der Waals surface area (Å²) in [5.41, 5.74) is 3.14. The second-order valence-electron chi connectivity index (χ2n) is 4.95. The first-order valence-electron chi connectivity index (χ1n) is 6.28. The van der Waals surface area contributed by atoms with Crippen LogP contribution in [-0.2, 0) is 6.42 Å². The van der Waals surface area contributed by atoms with Gasteiger partial charge in [-0.25, -0.2) is 4.98 Å². The summed E-state index contributed by atoms with van der Waals surface area (Å²) in [6.07, 6.45) is 4.56. The van der Waals surface area contributed by atoms with Gasteiger partial charge in [-0.05, 0) is 24.6 Å². The number of benzene rings is 1. The highest BCUT2D eigenvalue weighted by Gasteiger charge is 2.10. The lowest BCUT2D eigenvalue weighted by molar-refractivity contribution is 0.564. The largest absolute Gasteiger partial charge is 0.383 e. The Bertz CT molecular complexity index is 630. The molecule has 0 fully saturated rings. The molecule has 3 nitrogen and oxygen atoms in total. The molecule has 0 saturated carbocycles. The molecule has 1 N–H and O–H groups in total. The molecule has 106 valence electrons. The van der Waals surface area contributed by atoms with E-state index in [1.165, 1.54) is 0 Å². The van der Waals surface area contributed by atoms with Gasteiger partial charge < -0.3 is 9.88 Å². The van der Waals surface area contributed by atoms with Crippen LogP contribution in [0.4, 0.5) is 0 Å². The fourth-order valence-electron chi connectivity index (χ4n) is 1.95. The number of aromatic amines is 1. The Morgan fingerprint density at radius 1 is 1.35 bits per heavy atom. The predicted octanol–water partition coefficient (Wildman–Crippen LogP) is 4.17. The van der Waals surface area contributed by atoms with Crippen molar-refractivity contribution in [1.82, 2.24) is 14.9 Å². The maximum absolute atomic E-state index is 6.25. The van der Waals surface area contributed by atoms with Crippen LogP contribution in [-0.4, -0.2) is 29.0 Å². The minimum atomic E-state index is 0.644. The second kappa shape index (κ2) is 6.33. The van der Waals surface area contributed by atoms with Gasteiger partial charge in [-0.15, -0.1) is 0 Å². The molecule has 0 bridgehead atoms. The monoisotopic (exact) mass is 309 g/mol. The highest BCUT2D eigenvalue weighted by atomic mass is 35.5. The van der Waals surface area contributed by atoms with Crippen LogP contribution in [0.15, 0.2) is 30.6 Å². The number of aromatic nitrogens is 2. The molecule has 1 aromatic carbocycles. The van der Waals surface area contributed by atoms with Crippen LogP contribution in [0.2, 0.25) is 10.0 Å². The maximum atomic E-state index is 6.25. The molecule has 0 radical (unpaired) electrons. The zero-order valence-corrected chi connectivity index (χ0v) is 13.3. The number of nitrogens with zero attached hydrogens (tertiary/aromatic N) is 2. The fourth-order valence-corrected chi connectivity index (χ4v) is 2.42. The predicted molar refractivity (Wildman–Crippen MR) is 85.2 cm³/mol. The van der Waals surface area contributed by atoms with E-state index in [2.05, 4.69) is 9.97 Å². The van der Waals surface area contributed by atoms with Crippen LogP contribution in [0, 0.1) is 6.92 Å². The minimum absolute atomic E-state index is 0.644. The summed E-state index contributed by atoms with van der Waals surface area (Å²) in [5, 5.41) is 1.32. The number of aryl methyl sites for hydroxylation is 1. The SMILES string of the molecule is Cc1cnc(/C(=C\N(C)C)Cc2ccc(Cl)cc2Cl)[nH]1. The molecule has 0 aliphatic carbocycles. The van der Waals surface area contributed by atoms with E-state index in [-0.39, 0.29) is 0 Å². The summed E-state index contributed by atoms with van der Waals surface area (Å²) in [6.45, 7) is 1.99.